The zero-order valence-corrected chi connectivity index (χ0v) is 15.1. The van der Waals surface area contributed by atoms with Gasteiger partial charge in [-0.15, -0.1) is 5.10 Å². The Hall–Kier alpha value is -3.10. The number of amides is 2. The molecule has 2 amide bonds. The van der Waals surface area contributed by atoms with Crippen molar-refractivity contribution in [1.29, 1.82) is 0 Å². The fraction of sp³-hybridized carbons (Fsp3) is 0.158. The number of carbonyl (C=O) groups is 2. The minimum absolute atomic E-state index is 0.0373. The van der Waals surface area contributed by atoms with E-state index >= 15 is 0 Å². The molecule has 0 bridgehead atoms. The van der Waals surface area contributed by atoms with Gasteiger partial charge in [0.1, 0.15) is 0 Å². The van der Waals surface area contributed by atoms with E-state index in [4.69, 9.17) is 0 Å². The lowest BCUT2D eigenvalue weighted by atomic mass is 10.0. The van der Waals surface area contributed by atoms with Crippen LogP contribution in [0.25, 0.3) is 0 Å². The molecule has 3 aromatic rings. The fourth-order valence-electron chi connectivity index (χ4n) is 2.73. The summed E-state index contributed by atoms with van der Waals surface area (Å²) in [7, 11) is 0. The Morgan fingerprint density at radius 2 is 1.96 bits per heavy atom. The number of nitrogens with zero attached hydrogens (tertiary/aromatic N) is 3. The number of anilines is 3. The average molecular weight is 379 g/mol. The van der Waals surface area contributed by atoms with Gasteiger partial charge in [0.25, 0.3) is 5.91 Å². The maximum Gasteiger partial charge on any atom is 0.255 e. The van der Waals surface area contributed by atoms with Crippen molar-refractivity contribution in [3.8, 4) is 0 Å². The van der Waals surface area contributed by atoms with Gasteiger partial charge < -0.3 is 10.6 Å². The molecular formula is C19H17N5O2S. The molecule has 8 heteroatoms. The Morgan fingerprint density at radius 1 is 1.15 bits per heavy atom. The highest BCUT2D eigenvalue weighted by atomic mass is 32.1. The number of thiophene rings is 1. The van der Waals surface area contributed by atoms with Crippen LogP contribution in [-0.2, 0) is 4.79 Å². The molecule has 1 fully saturated rings. The Labute approximate surface area is 160 Å². The second kappa shape index (κ2) is 7.65. The Bertz CT molecular complexity index is 925. The lowest BCUT2D eigenvalue weighted by molar-refractivity contribution is -0.123. The molecule has 0 saturated carbocycles. The summed E-state index contributed by atoms with van der Waals surface area (Å²) in [6.45, 7) is 1.30. The van der Waals surface area contributed by atoms with E-state index in [1.807, 2.05) is 16.8 Å². The first kappa shape index (κ1) is 17.3. The van der Waals surface area contributed by atoms with E-state index < -0.39 is 0 Å². The number of aromatic nitrogens is 2. The van der Waals surface area contributed by atoms with E-state index in [1.165, 1.54) is 11.3 Å². The summed E-state index contributed by atoms with van der Waals surface area (Å²) >= 11 is 1.52. The zero-order valence-electron chi connectivity index (χ0n) is 14.3. The van der Waals surface area contributed by atoms with Crippen LogP contribution in [0.1, 0.15) is 10.4 Å². The smallest absolute Gasteiger partial charge is 0.255 e. The molecule has 0 radical (unpaired) electrons. The molecule has 0 spiro atoms. The molecule has 1 saturated heterocycles. The monoisotopic (exact) mass is 379 g/mol. The van der Waals surface area contributed by atoms with Crippen LogP contribution >= 0.6 is 11.3 Å². The Balaban J connectivity index is 1.58. The predicted molar refractivity (Wildman–Crippen MR) is 104 cm³/mol. The lowest BCUT2D eigenvalue weighted by Crippen LogP contribution is -2.51. The molecule has 27 heavy (non-hydrogen) atoms. The number of carbonyl (C=O) groups excluding carboxylic acids is 2. The summed E-state index contributed by atoms with van der Waals surface area (Å²) < 4.78 is 0. The molecule has 1 aromatic carbocycles. The highest BCUT2D eigenvalue weighted by Crippen LogP contribution is 2.27. The van der Waals surface area contributed by atoms with Crippen molar-refractivity contribution < 1.29 is 9.59 Å². The van der Waals surface area contributed by atoms with Crippen LogP contribution in [0.15, 0.2) is 59.4 Å². The molecule has 136 valence electrons. The maximum atomic E-state index is 12.9. The Kier molecular flexibility index (Phi) is 4.91. The molecule has 2 N–H and O–H groups in total. The quantitative estimate of drug-likeness (QED) is 0.712. The summed E-state index contributed by atoms with van der Waals surface area (Å²) in [6.07, 6.45) is 1.56. The topological polar surface area (TPSA) is 87.2 Å². The number of nitrogens with one attached hydrogen (secondary N) is 2. The van der Waals surface area contributed by atoms with Gasteiger partial charge in [-0.05, 0) is 47.8 Å². The fourth-order valence-corrected chi connectivity index (χ4v) is 3.32. The summed E-state index contributed by atoms with van der Waals surface area (Å²) in [6, 6.07) is 12.2. The second-order valence-electron chi connectivity index (χ2n) is 6.12. The van der Waals surface area contributed by atoms with Crippen molar-refractivity contribution in [1.82, 2.24) is 15.5 Å². The van der Waals surface area contributed by atoms with Gasteiger partial charge in [0.15, 0.2) is 5.82 Å². The minimum Gasteiger partial charge on any atom is -0.321 e. The van der Waals surface area contributed by atoms with Gasteiger partial charge in [-0.25, -0.2) is 0 Å². The van der Waals surface area contributed by atoms with Crippen LogP contribution in [-0.4, -0.2) is 35.1 Å². The van der Waals surface area contributed by atoms with E-state index in [0.29, 0.717) is 30.2 Å². The summed E-state index contributed by atoms with van der Waals surface area (Å²) in [4.78, 5) is 26.8. The van der Waals surface area contributed by atoms with Gasteiger partial charge in [-0.1, -0.05) is 0 Å². The number of benzene rings is 1. The second-order valence-corrected chi connectivity index (χ2v) is 6.90. The largest absolute Gasteiger partial charge is 0.321 e. The predicted octanol–water partition coefficient (Wildman–Crippen LogP) is 2.67. The van der Waals surface area contributed by atoms with Crippen molar-refractivity contribution >= 4 is 40.3 Å². The highest BCUT2D eigenvalue weighted by molar-refractivity contribution is 7.08. The third-order valence-electron chi connectivity index (χ3n) is 4.31. The van der Waals surface area contributed by atoms with Crippen molar-refractivity contribution in [3.05, 3.63) is 65.0 Å². The van der Waals surface area contributed by atoms with Crippen LogP contribution in [0.5, 0.6) is 0 Å². The van der Waals surface area contributed by atoms with Crippen molar-refractivity contribution in [2.75, 3.05) is 23.3 Å². The summed E-state index contributed by atoms with van der Waals surface area (Å²) in [5.74, 6) is 0.142. The first-order valence-corrected chi connectivity index (χ1v) is 9.42. The van der Waals surface area contributed by atoms with Gasteiger partial charge in [-0.2, -0.15) is 16.4 Å². The maximum absolute atomic E-state index is 12.9. The van der Waals surface area contributed by atoms with Crippen LogP contribution in [0.4, 0.5) is 17.2 Å². The number of rotatable bonds is 5. The van der Waals surface area contributed by atoms with Gasteiger partial charge in [-0.3, -0.25) is 14.5 Å². The molecule has 3 heterocycles. The van der Waals surface area contributed by atoms with Crippen molar-refractivity contribution in [2.24, 2.45) is 5.92 Å². The SMILES string of the molecule is O=C(Nc1ccsc1)c1ccc(N(C(=O)C2CNC2)c2cccnn2)cc1. The standard InChI is InChI=1S/C19H17N5O2S/c25-18(22-15-7-9-27-12-15)13-3-5-16(6-4-13)24(17-2-1-8-21-23-17)19(26)14-10-20-11-14/h1-9,12,14,20H,10-11H2,(H,22,25). The third kappa shape index (κ3) is 3.71. The summed E-state index contributed by atoms with van der Waals surface area (Å²) in [5.41, 5.74) is 1.93. The summed E-state index contributed by atoms with van der Waals surface area (Å²) in [5, 5.41) is 17.7. The van der Waals surface area contributed by atoms with E-state index in [0.717, 1.165) is 5.69 Å². The highest BCUT2D eigenvalue weighted by Gasteiger charge is 2.31. The minimum atomic E-state index is -0.194. The van der Waals surface area contributed by atoms with E-state index in [9.17, 15) is 9.59 Å². The molecule has 2 aromatic heterocycles. The third-order valence-corrected chi connectivity index (χ3v) is 4.99. The molecular weight excluding hydrogens is 362 g/mol. The van der Waals surface area contributed by atoms with Crippen LogP contribution < -0.4 is 15.5 Å². The van der Waals surface area contributed by atoms with Crippen molar-refractivity contribution in [2.45, 2.75) is 0 Å². The van der Waals surface area contributed by atoms with Gasteiger partial charge in [0.2, 0.25) is 5.91 Å². The van der Waals surface area contributed by atoms with E-state index in [2.05, 4.69) is 20.8 Å². The van der Waals surface area contributed by atoms with Crippen LogP contribution in [0.2, 0.25) is 0 Å². The number of hydrogen-bond donors (Lipinski definition) is 2. The molecule has 7 nitrogen and oxygen atoms in total. The van der Waals surface area contributed by atoms with Crippen molar-refractivity contribution in [3.63, 3.8) is 0 Å². The average Bonchev–Trinajstić information content (AvgIpc) is 3.15. The molecule has 1 aliphatic rings. The molecule has 0 atom stereocenters. The van der Waals surface area contributed by atoms with E-state index in [-0.39, 0.29) is 17.7 Å². The first-order chi connectivity index (χ1) is 13.2. The first-order valence-electron chi connectivity index (χ1n) is 8.48. The number of hydrogen-bond acceptors (Lipinski definition) is 6. The van der Waals surface area contributed by atoms with Gasteiger partial charge in [0, 0.05) is 30.2 Å². The van der Waals surface area contributed by atoms with Gasteiger partial charge in [0.05, 0.1) is 17.3 Å². The molecule has 0 unspecified atom stereocenters. The van der Waals surface area contributed by atoms with Gasteiger partial charge >= 0.3 is 0 Å². The lowest BCUT2D eigenvalue weighted by Gasteiger charge is -2.31. The molecule has 1 aliphatic heterocycles. The normalized spacial score (nSPS) is 13.6. The van der Waals surface area contributed by atoms with E-state index in [1.54, 1.807) is 47.5 Å². The molecule has 4 rings (SSSR count). The molecule has 0 aliphatic carbocycles. The van der Waals surface area contributed by atoms with Crippen LogP contribution in [0, 0.1) is 5.92 Å². The van der Waals surface area contributed by atoms with Crippen LogP contribution in [0.3, 0.4) is 0 Å². The zero-order chi connectivity index (χ0) is 18.6. The Morgan fingerprint density at radius 3 is 2.56 bits per heavy atom.